The molecule has 0 N–H and O–H groups in total. The van der Waals surface area contributed by atoms with Crippen LogP contribution in [0.4, 0.5) is 0 Å². The lowest BCUT2D eigenvalue weighted by Gasteiger charge is -2.18. The molecule has 0 radical (unpaired) electrons. The fourth-order valence-corrected chi connectivity index (χ4v) is 1.21. The summed E-state index contributed by atoms with van der Waals surface area (Å²) < 4.78 is 11.5. The van der Waals surface area contributed by atoms with Crippen LogP contribution >= 0.6 is 0 Å². The molecule has 0 unspecified atom stereocenters. The molecule has 0 aliphatic rings. The molecular formula is C11H13N3O3. The van der Waals surface area contributed by atoms with Crippen molar-refractivity contribution < 1.29 is 13.9 Å². The molecule has 0 saturated heterocycles. The first-order chi connectivity index (χ1) is 7.96. The third kappa shape index (κ3) is 2.72. The Kier molecular flexibility index (Phi) is 2.71. The molecular weight excluding hydrogens is 222 g/mol. The van der Waals surface area contributed by atoms with Crippen molar-refractivity contribution in [1.29, 1.82) is 0 Å². The summed E-state index contributed by atoms with van der Waals surface area (Å²) in [6.45, 7) is 5.44. The summed E-state index contributed by atoms with van der Waals surface area (Å²) in [5.74, 6) is 0.104. The van der Waals surface area contributed by atoms with E-state index >= 15 is 0 Å². The topological polar surface area (TPSA) is 70.2 Å². The Labute approximate surface area is 98.2 Å². The van der Waals surface area contributed by atoms with Crippen molar-refractivity contribution >= 4 is 5.97 Å². The van der Waals surface area contributed by atoms with Crippen molar-refractivity contribution in [2.75, 3.05) is 0 Å². The maximum absolute atomic E-state index is 11.7. The SMILES string of the molecule is CC(C)(C)OC(=O)c1cnn(-c2cocn2)c1. The predicted octanol–water partition coefficient (Wildman–Crippen LogP) is 1.82. The van der Waals surface area contributed by atoms with E-state index in [1.807, 2.05) is 20.8 Å². The molecule has 2 aromatic heterocycles. The Bertz CT molecular complexity index is 508. The van der Waals surface area contributed by atoms with Crippen LogP contribution in [0.1, 0.15) is 31.1 Å². The Morgan fingerprint density at radius 2 is 2.24 bits per heavy atom. The maximum atomic E-state index is 11.7. The van der Waals surface area contributed by atoms with E-state index in [9.17, 15) is 4.79 Å². The number of nitrogens with zero attached hydrogens (tertiary/aromatic N) is 3. The van der Waals surface area contributed by atoms with Gasteiger partial charge >= 0.3 is 5.97 Å². The molecule has 0 atom stereocenters. The largest absolute Gasteiger partial charge is 0.456 e. The summed E-state index contributed by atoms with van der Waals surface area (Å²) in [6.07, 6.45) is 5.71. The minimum Gasteiger partial charge on any atom is -0.456 e. The van der Waals surface area contributed by atoms with Crippen LogP contribution in [0.3, 0.4) is 0 Å². The summed E-state index contributed by atoms with van der Waals surface area (Å²) in [7, 11) is 0. The molecule has 0 fully saturated rings. The zero-order valence-electron chi connectivity index (χ0n) is 9.88. The quantitative estimate of drug-likeness (QED) is 0.742. The van der Waals surface area contributed by atoms with Crippen LogP contribution in [0.25, 0.3) is 5.82 Å². The zero-order chi connectivity index (χ0) is 12.5. The summed E-state index contributed by atoms with van der Waals surface area (Å²) >= 11 is 0. The molecule has 0 aliphatic heterocycles. The number of hydrogen-bond donors (Lipinski definition) is 0. The number of esters is 1. The molecule has 6 heteroatoms. The molecule has 0 aromatic carbocycles. The van der Waals surface area contributed by atoms with E-state index in [0.717, 1.165) is 0 Å². The second-order valence-corrected chi connectivity index (χ2v) is 4.52. The molecule has 0 aliphatic carbocycles. The van der Waals surface area contributed by atoms with Gasteiger partial charge in [0.1, 0.15) is 11.9 Å². The molecule has 0 amide bonds. The van der Waals surface area contributed by atoms with Crippen LogP contribution in [0.5, 0.6) is 0 Å². The van der Waals surface area contributed by atoms with Crippen molar-refractivity contribution in [3.8, 4) is 5.82 Å². The fraction of sp³-hybridized carbons (Fsp3) is 0.364. The van der Waals surface area contributed by atoms with Gasteiger partial charge in [-0.25, -0.2) is 9.48 Å². The average molecular weight is 235 g/mol. The summed E-state index contributed by atoms with van der Waals surface area (Å²) in [4.78, 5) is 15.6. The molecule has 0 spiro atoms. The number of carbonyl (C=O) groups is 1. The normalized spacial score (nSPS) is 11.5. The van der Waals surface area contributed by atoms with E-state index in [1.165, 1.54) is 23.5 Å². The highest BCUT2D eigenvalue weighted by atomic mass is 16.6. The lowest BCUT2D eigenvalue weighted by Crippen LogP contribution is -2.23. The first-order valence-electron chi connectivity index (χ1n) is 5.12. The third-order valence-electron chi connectivity index (χ3n) is 1.87. The van der Waals surface area contributed by atoms with Gasteiger partial charge in [-0.3, -0.25) is 0 Å². The van der Waals surface area contributed by atoms with Gasteiger partial charge in [0, 0.05) is 6.20 Å². The molecule has 2 heterocycles. The lowest BCUT2D eigenvalue weighted by atomic mass is 10.2. The van der Waals surface area contributed by atoms with Crippen LogP contribution in [0.2, 0.25) is 0 Å². The van der Waals surface area contributed by atoms with Gasteiger partial charge in [-0.1, -0.05) is 0 Å². The van der Waals surface area contributed by atoms with Gasteiger partial charge in [-0.05, 0) is 20.8 Å². The lowest BCUT2D eigenvalue weighted by molar-refractivity contribution is 0.00695. The Morgan fingerprint density at radius 1 is 1.47 bits per heavy atom. The van der Waals surface area contributed by atoms with Crippen molar-refractivity contribution in [2.24, 2.45) is 0 Å². The molecule has 2 aromatic rings. The number of carbonyl (C=O) groups excluding carboxylic acids is 1. The highest BCUT2D eigenvalue weighted by Crippen LogP contribution is 2.12. The van der Waals surface area contributed by atoms with Gasteiger partial charge in [-0.2, -0.15) is 10.1 Å². The third-order valence-corrected chi connectivity index (χ3v) is 1.87. The van der Waals surface area contributed by atoms with Crippen LogP contribution in [-0.4, -0.2) is 26.3 Å². The molecule has 90 valence electrons. The van der Waals surface area contributed by atoms with Crippen molar-refractivity contribution in [3.05, 3.63) is 30.6 Å². The molecule has 2 rings (SSSR count). The first kappa shape index (κ1) is 11.4. The van der Waals surface area contributed by atoms with Gasteiger partial charge in [0.05, 0.1) is 11.8 Å². The van der Waals surface area contributed by atoms with Crippen LogP contribution in [0.15, 0.2) is 29.5 Å². The van der Waals surface area contributed by atoms with Crippen molar-refractivity contribution in [2.45, 2.75) is 26.4 Å². The van der Waals surface area contributed by atoms with Crippen LogP contribution in [-0.2, 0) is 4.74 Å². The molecule has 17 heavy (non-hydrogen) atoms. The minimum atomic E-state index is -0.521. The second kappa shape index (κ2) is 4.04. The Hall–Kier alpha value is -2.11. The number of ether oxygens (including phenoxy) is 1. The summed E-state index contributed by atoms with van der Waals surface area (Å²) in [5, 5.41) is 4.00. The second-order valence-electron chi connectivity index (χ2n) is 4.52. The Morgan fingerprint density at radius 3 is 2.82 bits per heavy atom. The van der Waals surface area contributed by atoms with E-state index in [0.29, 0.717) is 11.4 Å². The summed E-state index contributed by atoms with van der Waals surface area (Å²) in [6, 6.07) is 0. The summed E-state index contributed by atoms with van der Waals surface area (Å²) in [5.41, 5.74) is -0.143. The molecule has 6 nitrogen and oxygen atoms in total. The number of rotatable bonds is 2. The number of oxazole rings is 1. The van der Waals surface area contributed by atoms with Crippen molar-refractivity contribution in [1.82, 2.24) is 14.8 Å². The highest BCUT2D eigenvalue weighted by Gasteiger charge is 2.19. The van der Waals surface area contributed by atoms with Crippen molar-refractivity contribution in [3.63, 3.8) is 0 Å². The fourth-order valence-electron chi connectivity index (χ4n) is 1.21. The Balaban J connectivity index is 2.16. The zero-order valence-corrected chi connectivity index (χ0v) is 9.88. The average Bonchev–Trinajstić information content (AvgIpc) is 2.86. The highest BCUT2D eigenvalue weighted by molar-refractivity contribution is 5.89. The maximum Gasteiger partial charge on any atom is 0.341 e. The number of aromatic nitrogens is 3. The van der Waals surface area contributed by atoms with Crippen LogP contribution < -0.4 is 0 Å². The smallest absolute Gasteiger partial charge is 0.341 e. The van der Waals surface area contributed by atoms with E-state index < -0.39 is 11.6 Å². The standard InChI is InChI=1S/C11H13N3O3/c1-11(2,3)17-10(15)8-4-13-14(5-8)9-6-16-7-12-9/h4-7H,1-3H3. The minimum absolute atomic E-state index is 0.378. The van der Waals surface area contributed by atoms with Gasteiger partial charge in [0.25, 0.3) is 0 Å². The first-order valence-corrected chi connectivity index (χ1v) is 5.12. The van der Waals surface area contributed by atoms with Crippen LogP contribution in [0, 0.1) is 0 Å². The van der Waals surface area contributed by atoms with E-state index in [2.05, 4.69) is 10.1 Å². The monoisotopic (exact) mass is 235 g/mol. The van der Waals surface area contributed by atoms with Gasteiger partial charge in [0.2, 0.25) is 0 Å². The van der Waals surface area contributed by atoms with Gasteiger partial charge < -0.3 is 9.15 Å². The van der Waals surface area contributed by atoms with E-state index in [-0.39, 0.29) is 0 Å². The van der Waals surface area contributed by atoms with E-state index in [4.69, 9.17) is 9.15 Å². The predicted molar refractivity (Wildman–Crippen MR) is 58.8 cm³/mol. The van der Waals surface area contributed by atoms with Gasteiger partial charge in [0.15, 0.2) is 12.2 Å². The molecule has 0 bridgehead atoms. The number of hydrogen-bond acceptors (Lipinski definition) is 5. The van der Waals surface area contributed by atoms with Gasteiger partial charge in [-0.15, -0.1) is 0 Å². The van der Waals surface area contributed by atoms with E-state index in [1.54, 1.807) is 6.20 Å². The molecule has 0 saturated carbocycles.